The lowest BCUT2D eigenvalue weighted by atomic mass is 9.56. The van der Waals surface area contributed by atoms with E-state index < -0.39 is 0 Å². The first-order valence-corrected chi connectivity index (χ1v) is 5.67. The minimum atomic E-state index is 1.18. The van der Waals surface area contributed by atoms with Gasteiger partial charge in [-0.25, -0.2) is 0 Å². The lowest BCUT2D eigenvalue weighted by molar-refractivity contribution is 0.0198. The van der Waals surface area contributed by atoms with E-state index in [0.29, 0.717) is 0 Å². The second-order valence-corrected chi connectivity index (χ2v) is 4.88. The quantitative estimate of drug-likeness (QED) is 0.557. The van der Waals surface area contributed by atoms with Crippen LogP contribution < -0.4 is 5.14 Å². The summed E-state index contributed by atoms with van der Waals surface area (Å²) in [6.07, 6.45) is 9.62. The highest BCUT2D eigenvalue weighted by atomic mass is 32.1. The minimum absolute atomic E-state index is 1.18. The Balaban J connectivity index is 0.000000264. The van der Waals surface area contributed by atoms with E-state index in [0.717, 1.165) is 0 Å². The molecule has 4 saturated carbocycles. The van der Waals surface area contributed by atoms with E-state index in [9.17, 15) is 0 Å². The fraction of sp³-hybridized carbons (Fsp3) is 1.00. The number of hydrogen-bond donors (Lipinski definition) is 2. The van der Waals surface area contributed by atoms with Gasteiger partial charge in [-0.05, 0) is 62.2 Å². The van der Waals surface area contributed by atoms with Crippen molar-refractivity contribution in [3.63, 3.8) is 0 Å². The molecule has 0 aromatic carbocycles. The van der Waals surface area contributed by atoms with Crippen molar-refractivity contribution in [2.24, 2.45) is 28.8 Å². The summed E-state index contributed by atoms with van der Waals surface area (Å²) in [5.41, 5.74) is 0. The average Bonchev–Trinajstić information content (AvgIpc) is 2.05. The Labute approximate surface area is 80.6 Å². The molecule has 4 aliphatic carbocycles. The summed E-state index contributed by atoms with van der Waals surface area (Å²) < 4.78 is 0. The Morgan fingerprint density at radius 2 is 0.750 bits per heavy atom. The lowest BCUT2D eigenvalue weighted by Gasteiger charge is -2.49. The van der Waals surface area contributed by atoms with Crippen LogP contribution in [0.15, 0.2) is 0 Å². The highest BCUT2D eigenvalue weighted by molar-refractivity contribution is 7.77. The van der Waals surface area contributed by atoms with Crippen molar-refractivity contribution in [2.45, 2.75) is 38.5 Å². The summed E-state index contributed by atoms with van der Waals surface area (Å²) in [4.78, 5) is 0. The highest BCUT2D eigenvalue weighted by Crippen LogP contribution is 2.53. The maximum atomic E-state index is 4.19. The standard InChI is InChI=1S/C10H16.H3NS/c1-7-2-9-4-8(1)5-10(3-7)6-9;1-2/h7-10H,1-6H2;2H,1H2. The zero-order chi connectivity index (χ0) is 8.55. The number of thiol groups is 1. The van der Waals surface area contributed by atoms with E-state index in [1.807, 2.05) is 0 Å². The highest BCUT2D eigenvalue weighted by Gasteiger charge is 2.41. The van der Waals surface area contributed by atoms with E-state index in [1.54, 1.807) is 38.5 Å². The number of hydrogen-bond acceptors (Lipinski definition) is 2. The largest absolute Gasteiger partial charge is 0.281 e. The molecule has 2 heteroatoms. The third-order valence-electron chi connectivity index (χ3n) is 4.00. The molecule has 0 saturated heterocycles. The molecule has 0 spiro atoms. The fourth-order valence-corrected chi connectivity index (χ4v) is 3.98. The molecule has 0 atom stereocenters. The molecule has 4 bridgehead atoms. The minimum Gasteiger partial charge on any atom is -0.281 e. The Hall–Kier alpha value is 0.310. The molecular formula is C10H19NS. The van der Waals surface area contributed by atoms with E-state index >= 15 is 0 Å². The fourth-order valence-electron chi connectivity index (χ4n) is 3.98. The summed E-state index contributed by atoms with van der Waals surface area (Å²) >= 11 is 3.03. The Morgan fingerprint density at radius 3 is 0.917 bits per heavy atom. The maximum absolute atomic E-state index is 4.19. The predicted octanol–water partition coefficient (Wildman–Crippen LogP) is 2.62. The Bertz CT molecular complexity index is 101. The van der Waals surface area contributed by atoms with Crippen LogP contribution in [0.25, 0.3) is 0 Å². The molecule has 0 aromatic rings. The van der Waals surface area contributed by atoms with Gasteiger partial charge >= 0.3 is 0 Å². The van der Waals surface area contributed by atoms with E-state index in [-0.39, 0.29) is 0 Å². The van der Waals surface area contributed by atoms with Crippen molar-refractivity contribution < 1.29 is 0 Å². The van der Waals surface area contributed by atoms with Crippen molar-refractivity contribution in [3.8, 4) is 0 Å². The van der Waals surface area contributed by atoms with E-state index in [4.69, 9.17) is 0 Å². The average molecular weight is 185 g/mol. The molecule has 2 N–H and O–H groups in total. The molecule has 0 radical (unpaired) electrons. The first-order chi connectivity index (χ1) is 5.90. The first kappa shape index (κ1) is 8.89. The molecule has 0 aromatic heterocycles. The van der Waals surface area contributed by atoms with Crippen molar-refractivity contribution in [3.05, 3.63) is 0 Å². The maximum Gasteiger partial charge on any atom is -0.0406 e. The van der Waals surface area contributed by atoms with Crippen molar-refractivity contribution >= 4 is 12.8 Å². The van der Waals surface area contributed by atoms with Gasteiger partial charge in [-0.3, -0.25) is 5.14 Å². The molecule has 70 valence electrons. The molecule has 0 amide bonds. The van der Waals surface area contributed by atoms with Gasteiger partial charge in [-0.2, -0.15) is 0 Å². The molecule has 4 fully saturated rings. The topological polar surface area (TPSA) is 26.0 Å². The number of rotatable bonds is 0. The molecule has 4 rings (SSSR count). The lowest BCUT2D eigenvalue weighted by Crippen LogP contribution is -2.38. The summed E-state index contributed by atoms with van der Waals surface area (Å²) in [5.74, 6) is 4.71. The van der Waals surface area contributed by atoms with Crippen LogP contribution in [0, 0.1) is 23.7 Å². The second kappa shape index (κ2) is 3.59. The van der Waals surface area contributed by atoms with Crippen LogP contribution in [0.4, 0.5) is 0 Å². The van der Waals surface area contributed by atoms with Crippen molar-refractivity contribution in [2.75, 3.05) is 0 Å². The van der Waals surface area contributed by atoms with Crippen LogP contribution in [0.1, 0.15) is 38.5 Å². The molecule has 1 nitrogen and oxygen atoms in total. The zero-order valence-corrected chi connectivity index (χ0v) is 8.47. The van der Waals surface area contributed by atoms with Crippen molar-refractivity contribution in [1.29, 1.82) is 0 Å². The Morgan fingerprint density at radius 1 is 0.583 bits per heavy atom. The molecule has 4 aliphatic rings. The van der Waals surface area contributed by atoms with Crippen LogP contribution in [0.2, 0.25) is 0 Å². The third kappa shape index (κ3) is 1.51. The molecular weight excluding hydrogens is 166 g/mol. The van der Waals surface area contributed by atoms with E-state index in [2.05, 4.69) is 18.0 Å². The summed E-state index contributed by atoms with van der Waals surface area (Å²) in [6.45, 7) is 0. The van der Waals surface area contributed by atoms with Crippen LogP contribution in [-0.2, 0) is 0 Å². The summed E-state index contributed by atoms with van der Waals surface area (Å²) in [5, 5.41) is 4.19. The smallest absolute Gasteiger partial charge is 0.0406 e. The van der Waals surface area contributed by atoms with Crippen molar-refractivity contribution in [1.82, 2.24) is 0 Å². The molecule has 12 heavy (non-hydrogen) atoms. The summed E-state index contributed by atoms with van der Waals surface area (Å²) in [6, 6.07) is 0. The second-order valence-electron chi connectivity index (χ2n) is 4.88. The molecule has 0 aliphatic heterocycles. The third-order valence-corrected chi connectivity index (χ3v) is 4.00. The van der Waals surface area contributed by atoms with Gasteiger partial charge in [-0.1, -0.05) is 0 Å². The molecule has 0 unspecified atom stereocenters. The van der Waals surface area contributed by atoms with Gasteiger partial charge in [0.1, 0.15) is 0 Å². The monoisotopic (exact) mass is 185 g/mol. The molecule has 0 heterocycles. The summed E-state index contributed by atoms with van der Waals surface area (Å²) in [7, 11) is 0. The van der Waals surface area contributed by atoms with Gasteiger partial charge in [-0.15, -0.1) is 12.8 Å². The van der Waals surface area contributed by atoms with Gasteiger partial charge in [0.15, 0.2) is 0 Å². The van der Waals surface area contributed by atoms with Gasteiger partial charge in [0.2, 0.25) is 0 Å². The zero-order valence-electron chi connectivity index (χ0n) is 7.58. The normalized spacial score (nSPS) is 48.5. The van der Waals surface area contributed by atoms with Gasteiger partial charge in [0, 0.05) is 0 Å². The van der Waals surface area contributed by atoms with Crippen LogP contribution >= 0.6 is 12.8 Å². The van der Waals surface area contributed by atoms with Gasteiger partial charge in [0.25, 0.3) is 0 Å². The SMILES string of the molecule is C1C2CC3CC1CC(C2)C3.NS. The van der Waals surface area contributed by atoms with Gasteiger partial charge in [0.05, 0.1) is 0 Å². The van der Waals surface area contributed by atoms with E-state index in [1.165, 1.54) is 23.7 Å². The van der Waals surface area contributed by atoms with Gasteiger partial charge < -0.3 is 0 Å². The predicted molar refractivity (Wildman–Crippen MR) is 54.8 cm³/mol. The first-order valence-electron chi connectivity index (χ1n) is 5.16. The Kier molecular flexibility index (Phi) is 2.66. The number of nitrogens with two attached hydrogens (primary N) is 1. The van der Waals surface area contributed by atoms with Crippen LogP contribution in [-0.4, -0.2) is 0 Å². The van der Waals surface area contributed by atoms with Crippen LogP contribution in [0.5, 0.6) is 0 Å². The van der Waals surface area contributed by atoms with Crippen LogP contribution in [0.3, 0.4) is 0 Å².